The Kier molecular flexibility index (Phi) is 4.00. The molecule has 1 heterocycles. The van der Waals surface area contributed by atoms with Gasteiger partial charge in [-0.15, -0.1) is 0 Å². The zero-order valence-electron chi connectivity index (χ0n) is 10.6. The van der Waals surface area contributed by atoms with Gasteiger partial charge in [-0.25, -0.2) is 0 Å². The van der Waals surface area contributed by atoms with Crippen LogP contribution in [0, 0.1) is 0 Å². The molecule has 0 spiro atoms. The van der Waals surface area contributed by atoms with Crippen molar-refractivity contribution in [3.05, 3.63) is 0 Å². The molecule has 0 aliphatic carbocycles. The average Bonchev–Trinajstić information content (AvgIpc) is 2.80. The van der Waals surface area contributed by atoms with Crippen molar-refractivity contribution in [1.82, 2.24) is 0 Å². The minimum absolute atomic E-state index is 0.607. The summed E-state index contributed by atoms with van der Waals surface area (Å²) in [7, 11) is -0.831. The van der Waals surface area contributed by atoms with Gasteiger partial charge in [-0.05, 0) is 41.5 Å². The normalized spacial score (nSPS) is 22.5. The van der Waals surface area contributed by atoms with Crippen LogP contribution < -0.4 is 0 Å². The Morgan fingerprint density at radius 2 is 1.36 bits per heavy atom. The number of ether oxygens (including phenoxy) is 1. The SMILES string of the molecule is CC(C)[P+](CC1CO1)(C(C)C)C(C)C. The molecule has 1 aliphatic rings. The van der Waals surface area contributed by atoms with E-state index >= 15 is 0 Å². The lowest BCUT2D eigenvalue weighted by atomic mass is 10.5. The summed E-state index contributed by atoms with van der Waals surface area (Å²) >= 11 is 0. The minimum atomic E-state index is -0.831. The fourth-order valence-electron chi connectivity index (χ4n) is 2.95. The predicted molar refractivity (Wildman–Crippen MR) is 66.9 cm³/mol. The molecule has 2 heteroatoms. The van der Waals surface area contributed by atoms with Gasteiger partial charge in [-0.2, -0.15) is 0 Å². The first kappa shape index (κ1) is 12.5. The molecule has 84 valence electrons. The average molecular weight is 217 g/mol. The first-order chi connectivity index (χ1) is 6.41. The molecule has 0 aromatic heterocycles. The van der Waals surface area contributed by atoms with Crippen LogP contribution in [0.1, 0.15) is 41.5 Å². The minimum Gasteiger partial charge on any atom is -0.369 e. The van der Waals surface area contributed by atoms with Gasteiger partial charge in [0.1, 0.15) is 6.10 Å². The summed E-state index contributed by atoms with van der Waals surface area (Å²) in [4.78, 5) is 0. The van der Waals surface area contributed by atoms with Gasteiger partial charge < -0.3 is 4.74 Å². The maximum Gasteiger partial charge on any atom is 0.114 e. The van der Waals surface area contributed by atoms with Crippen molar-refractivity contribution in [3.8, 4) is 0 Å². The lowest BCUT2D eigenvalue weighted by Crippen LogP contribution is -2.27. The van der Waals surface area contributed by atoms with Gasteiger partial charge >= 0.3 is 0 Å². The summed E-state index contributed by atoms with van der Waals surface area (Å²) in [5.74, 6) is 0. The number of rotatable bonds is 5. The van der Waals surface area contributed by atoms with Gasteiger partial charge in [-0.3, -0.25) is 0 Å². The van der Waals surface area contributed by atoms with E-state index in [1.54, 1.807) is 0 Å². The summed E-state index contributed by atoms with van der Waals surface area (Å²) in [6.45, 7) is 15.5. The van der Waals surface area contributed by atoms with Crippen LogP contribution in [-0.2, 0) is 4.74 Å². The standard InChI is InChI=1S/C12H26OP/c1-9(2)14(10(3)4,11(5)6)8-12-7-13-12/h9-12H,7-8H2,1-6H3/q+1. The molecule has 1 fully saturated rings. The Bertz CT molecular complexity index is 161. The molecule has 0 radical (unpaired) electrons. The maximum atomic E-state index is 5.44. The summed E-state index contributed by atoms with van der Waals surface area (Å²) in [5, 5.41) is 0. The van der Waals surface area contributed by atoms with Crippen LogP contribution in [0.5, 0.6) is 0 Å². The van der Waals surface area contributed by atoms with Gasteiger partial charge in [-0.1, -0.05) is 0 Å². The molecule has 0 aromatic rings. The molecule has 1 nitrogen and oxygen atoms in total. The molecule has 0 bridgehead atoms. The third kappa shape index (κ3) is 2.31. The summed E-state index contributed by atoms with van der Waals surface area (Å²) in [6, 6.07) is 0. The molecule has 1 rings (SSSR count). The molecule has 0 aromatic carbocycles. The Hall–Kier alpha value is 0.390. The van der Waals surface area contributed by atoms with E-state index in [1.807, 2.05) is 0 Å². The first-order valence-corrected chi connectivity index (χ1v) is 8.08. The van der Waals surface area contributed by atoms with E-state index in [1.165, 1.54) is 6.16 Å². The van der Waals surface area contributed by atoms with E-state index in [4.69, 9.17) is 4.74 Å². The van der Waals surface area contributed by atoms with Crippen LogP contribution in [0.15, 0.2) is 0 Å². The van der Waals surface area contributed by atoms with E-state index < -0.39 is 7.26 Å². The van der Waals surface area contributed by atoms with Crippen LogP contribution in [-0.4, -0.2) is 35.8 Å². The highest BCUT2D eigenvalue weighted by molar-refractivity contribution is 7.77. The highest BCUT2D eigenvalue weighted by atomic mass is 31.2. The quantitative estimate of drug-likeness (QED) is 0.506. The second kappa shape index (κ2) is 4.49. The molecular weight excluding hydrogens is 191 g/mol. The molecule has 14 heavy (non-hydrogen) atoms. The van der Waals surface area contributed by atoms with Crippen molar-refractivity contribution in [1.29, 1.82) is 0 Å². The van der Waals surface area contributed by atoms with E-state index in [-0.39, 0.29) is 0 Å². The molecule has 1 atom stereocenters. The molecule has 1 unspecified atom stereocenters. The third-order valence-electron chi connectivity index (χ3n) is 3.81. The van der Waals surface area contributed by atoms with Crippen LogP contribution in [0.25, 0.3) is 0 Å². The van der Waals surface area contributed by atoms with Crippen LogP contribution in [0.2, 0.25) is 0 Å². The molecule has 1 saturated heterocycles. The maximum absolute atomic E-state index is 5.44. The second-order valence-electron chi connectivity index (χ2n) is 5.41. The topological polar surface area (TPSA) is 12.5 Å². The Morgan fingerprint density at radius 3 is 1.57 bits per heavy atom. The van der Waals surface area contributed by atoms with Crippen LogP contribution >= 0.6 is 7.26 Å². The third-order valence-corrected chi connectivity index (χ3v) is 10.6. The summed E-state index contributed by atoms with van der Waals surface area (Å²) in [6.07, 6.45) is 1.97. The van der Waals surface area contributed by atoms with Crippen molar-refractivity contribution >= 4 is 7.26 Å². The lowest BCUT2D eigenvalue weighted by Gasteiger charge is -2.38. The molecule has 0 N–H and O–H groups in total. The van der Waals surface area contributed by atoms with Crippen molar-refractivity contribution in [2.75, 3.05) is 12.8 Å². The Balaban J connectivity index is 2.81. The van der Waals surface area contributed by atoms with E-state index in [9.17, 15) is 0 Å². The lowest BCUT2D eigenvalue weighted by molar-refractivity contribution is 0.423. The summed E-state index contributed by atoms with van der Waals surface area (Å²) in [5.41, 5.74) is 2.56. The Labute approximate surface area is 89.9 Å². The van der Waals surface area contributed by atoms with Gasteiger partial charge in [0, 0.05) is 7.26 Å². The summed E-state index contributed by atoms with van der Waals surface area (Å²) < 4.78 is 5.44. The fraction of sp³-hybridized carbons (Fsp3) is 1.00. The van der Waals surface area contributed by atoms with Gasteiger partial charge in [0.25, 0.3) is 0 Å². The first-order valence-electron chi connectivity index (χ1n) is 5.90. The highest BCUT2D eigenvalue weighted by Gasteiger charge is 2.51. The van der Waals surface area contributed by atoms with E-state index in [0.717, 1.165) is 23.6 Å². The van der Waals surface area contributed by atoms with Crippen molar-refractivity contribution < 1.29 is 4.74 Å². The largest absolute Gasteiger partial charge is 0.369 e. The van der Waals surface area contributed by atoms with Gasteiger partial charge in [0.05, 0.1) is 29.7 Å². The molecule has 0 saturated carbocycles. The zero-order chi connectivity index (χ0) is 10.9. The monoisotopic (exact) mass is 217 g/mol. The van der Waals surface area contributed by atoms with E-state index in [0.29, 0.717) is 6.10 Å². The smallest absolute Gasteiger partial charge is 0.114 e. The highest BCUT2D eigenvalue weighted by Crippen LogP contribution is 2.71. The molecule has 1 aliphatic heterocycles. The fourth-order valence-corrected chi connectivity index (χ4v) is 8.71. The van der Waals surface area contributed by atoms with Crippen molar-refractivity contribution in [2.24, 2.45) is 0 Å². The van der Waals surface area contributed by atoms with Crippen LogP contribution in [0.3, 0.4) is 0 Å². The zero-order valence-corrected chi connectivity index (χ0v) is 11.5. The van der Waals surface area contributed by atoms with E-state index in [2.05, 4.69) is 41.5 Å². The number of epoxide rings is 1. The van der Waals surface area contributed by atoms with Crippen molar-refractivity contribution in [3.63, 3.8) is 0 Å². The van der Waals surface area contributed by atoms with Crippen molar-refractivity contribution in [2.45, 2.75) is 64.6 Å². The molecule has 0 amide bonds. The Morgan fingerprint density at radius 1 is 1.00 bits per heavy atom. The number of hydrogen-bond acceptors (Lipinski definition) is 1. The molecular formula is C12H26OP+. The van der Waals surface area contributed by atoms with Gasteiger partial charge in [0.15, 0.2) is 0 Å². The number of hydrogen-bond donors (Lipinski definition) is 0. The van der Waals surface area contributed by atoms with Gasteiger partial charge in [0.2, 0.25) is 0 Å². The van der Waals surface area contributed by atoms with Crippen LogP contribution in [0.4, 0.5) is 0 Å². The second-order valence-corrected chi connectivity index (χ2v) is 10.9. The predicted octanol–water partition coefficient (Wildman–Crippen LogP) is 3.63.